The average Bonchev–Trinajstić information content (AvgIpc) is 3.10. The van der Waals surface area contributed by atoms with E-state index in [-0.39, 0.29) is 0 Å². The maximum atomic E-state index is 4.62. The van der Waals surface area contributed by atoms with E-state index in [0.717, 1.165) is 19.0 Å². The molecule has 0 aromatic carbocycles. The first-order valence-corrected chi connectivity index (χ1v) is 22.4. The molecular weight excluding hydrogens is 593 g/mol. The van der Waals surface area contributed by atoms with Gasteiger partial charge in [0.2, 0.25) is 0 Å². The first kappa shape index (κ1) is 48.1. The molecule has 0 spiro atoms. The van der Waals surface area contributed by atoms with E-state index < -0.39 is 0 Å². The Morgan fingerprint density at radius 3 is 1.41 bits per heavy atom. The molecule has 0 atom stereocenters. The molecule has 2 heteroatoms. The van der Waals surface area contributed by atoms with Crippen LogP contribution in [0.4, 0.5) is 0 Å². The average molecular weight is 685 g/mol. The molecule has 2 nitrogen and oxygen atoms in total. The SMILES string of the molecule is C=CCNCCCCN(CCCCCCCCC(=C)CCCCCC)CCCCC(=C)CC(CCCCCCCC)CCCCCCCC. The summed E-state index contributed by atoms with van der Waals surface area (Å²) in [7, 11) is 0. The van der Waals surface area contributed by atoms with Crippen LogP contribution in [0.15, 0.2) is 37.0 Å². The van der Waals surface area contributed by atoms with Crippen LogP contribution >= 0.6 is 0 Å². The van der Waals surface area contributed by atoms with Crippen LogP contribution in [-0.4, -0.2) is 37.6 Å². The molecular formula is C47H92N2. The summed E-state index contributed by atoms with van der Waals surface area (Å²) in [5.74, 6) is 0.880. The summed E-state index contributed by atoms with van der Waals surface area (Å²) in [6, 6.07) is 0. The van der Waals surface area contributed by atoms with Gasteiger partial charge < -0.3 is 10.2 Å². The second-order valence-electron chi connectivity index (χ2n) is 15.9. The predicted molar refractivity (Wildman–Crippen MR) is 226 cm³/mol. The molecule has 0 bridgehead atoms. The second-order valence-corrected chi connectivity index (χ2v) is 15.9. The van der Waals surface area contributed by atoms with Crippen LogP contribution in [0, 0.1) is 5.92 Å². The van der Waals surface area contributed by atoms with E-state index in [9.17, 15) is 0 Å². The molecule has 0 unspecified atom stereocenters. The fourth-order valence-corrected chi connectivity index (χ4v) is 7.47. The van der Waals surface area contributed by atoms with E-state index in [1.807, 2.05) is 6.08 Å². The van der Waals surface area contributed by atoms with Crippen LogP contribution < -0.4 is 5.32 Å². The van der Waals surface area contributed by atoms with Crippen molar-refractivity contribution in [3.8, 4) is 0 Å². The van der Waals surface area contributed by atoms with Gasteiger partial charge >= 0.3 is 0 Å². The van der Waals surface area contributed by atoms with E-state index in [1.165, 1.54) is 231 Å². The molecule has 0 fully saturated rings. The second kappa shape index (κ2) is 39.9. The van der Waals surface area contributed by atoms with Gasteiger partial charge in [-0.1, -0.05) is 186 Å². The van der Waals surface area contributed by atoms with Crippen molar-refractivity contribution in [3.05, 3.63) is 37.0 Å². The molecule has 0 heterocycles. The molecule has 0 aliphatic carbocycles. The number of nitrogens with one attached hydrogen (secondary N) is 1. The van der Waals surface area contributed by atoms with Crippen LogP contribution in [0.3, 0.4) is 0 Å². The molecule has 0 rings (SSSR count). The minimum absolute atomic E-state index is 0.880. The summed E-state index contributed by atoms with van der Waals surface area (Å²) in [6.45, 7) is 25.6. The van der Waals surface area contributed by atoms with Crippen LogP contribution in [0.5, 0.6) is 0 Å². The van der Waals surface area contributed by atoms with Gasteiger partial charge in [0, 0.05) is 6.54 Å². The molecule has 0 radical (unpaired) electrons. The molecule has 1 N–H and O–H groups in total. The van der Waals surface area contributed by atoms with Crippen molar-refractivity contribution in [2.24, 2.45) is 5.92 Å². The van der Waals surface area contributed by atoms with Crippen LogP contribution in [0.2, 0.25) is 0 Å². The zero-order valence-electron chi connectivity index (χ0n) is 34.4. The quantitative estimate of drug-likeness (QED) is 0.0508. The number of nitrogens with zero attached hydrogens (tertiary/aromatic N) is 1. The number of hydrogen-bond donors (Lipinski definition) is 1. The Morgan fingerprint density at radius 1 is 0.490 bits per heavy atom. The van der Waals surface area contributed by atoms with Gasteiger partial charge in [-0.15, -0.1) is 6.58 Å². The minimum atomic E-state index is 0.880. The van der Waals surface area contributed by atoms with E-state index >= 15 is 0 Å². The Bertz CT molecular complexity index is 680. The van der Waals surface area contributed by atoms with E-state index in [2.05, 4.69) is 50.7 Å². The molecule has 0 aliphatic rings. The number of allylic oxidation sites excluding steroid dienone is 2. The zero-order valence-corrected chi connectivity index (χ0v) is 34.4. The lowest BCUT2D eigenvalue weighted by atomic mass is 9.87. The molecule has 290 valence electrons. The van der Waals surface area contributed by atoms with Crippen LogP contribution in [-0.2, 0) is 0 Å². The largest absolute Gasteiger partial charge is 0.313 e. The summed E-state index contributed by atoms with van der Waals surface area (Å²) in [4.78, 5) is 2.79. The first-order chi connectivity index (χ1) is 24.1. The first-order valence-electron chi connectivity index (χ1n) is 22.4. The summed E-state index contributed by atoms with van der Waals surface area (Å²) in [6.07, 6.45) is 45.9. The standard InChI is InChI=1S/C47H92N2/c1-7-11-14-17-22-27-37-47(38-28-23-18-15-12-8-2)44-46(6)36-29-32-42-49(43-33-30-40-48-39-10-4)41-31-24-20-19-21-26-35-45(5)34-25-16-13-9-3/h10,47-48H,4-9,11-44H2,1-3H3. The highest BCUT2D eigenvalue weighted by atomic mass is 15.1. The number of unbranched alkanes of at least 4 members (excludes halogenated alkanes) is 20. The molecule has 0 amide bonds. The van der Waals surface area contributed by atoms with Gasteiger partial charge in [0.15, 0.2) is 0 Å². The third-order valence-electron chi connectivity index (χ3n) is 10.8. The predicted octanol–water partition coefficient (Wildman–Crippen LogP) is 15.3. The Morgan fingerprint density at radius 2 is 0.878 bits per heavy atom. The summed E-state index contributed by atoms with van der Waals surface area (Å²) in [5, 5.41) is 3.48. The van der Waals surface area contributed by atoms with Crippen molar-refractivity contribution < 1.29 is 0 Å². The molecule has 0 aliphatic heterocycles. The number of rotatable bonds is 42. The monoisotopic (exact) mass is 685 g/mol. The molecule has 0 saturated carbocycles. The highest BCUT2D eigenvalue weighted by molar-refractivity contribution is 4.96. The van der Waals surface area contributed by atoms with Crippen molar-refractivity contribution in [2.45, 2.75) is 226 Å². The van der Waals surface area contributed by atoms with Crippen molar-refractivity contribution in [3.63, 3.8) is 0 Å². The minimum Gasteiger partial charge on any atom is -0.313 e. The molecule has 0 aromatic rings. The third-order valence-corrected chi connectivity index (χ3v) is 10.8. The highest BCUT2D eigenvalue weighted by Crippen LogP contribution is 2.27. The number of hydrogen-bond acceptors (Lipinski definition) is 2. The zero-order chi connectivity index (χ0) is 35.9. The van der Waals surface area contributed by atoms with Gasteiger partial charge in [-0.05, 0) is 103 Å². The van der Waals surface area contributed by atoms with Gasteiger partial charge in [0.1, 0.15) is 0 Å². The van der Waals surface area contributed by atoms with Crippen LogP contribution in [0.25, 0.3) is 0 Å². The van der Waals surface area contributed by atoms with Gasteiger partial charge in [0.25, 0.3) is 0 Å². The Balaban J connectivity index is 4.44. The molecule has 0 aromatic heterocycles. The normalized spacial score (nSPS) is 11.6. The van der Waals surface area contributed by atoms with Crippen molar-refractivity contribution in [1.82, 2.24) is 10.2 Å². The summed E-state index contributed by atoms with van der Waals surface area (Å²) >= 11 is 0. The third kappa shape index (κ3) is 36.7. The van der Waals surface area contributed by atoms with Gasteiger partial charge in [0.05, 0.1) is 0 Å². The lowest BCUT2D eigenvalue weighted by molar-refractivity contribution is 0.256. The van der Waals surface area contributed by atoms with Gasteiger partial charge in [-0.2, -0.15) is 0 Å². The van der Waals surface area contributed by atoms with E-state index in [1.54, 1.807) is 5.57 Å². The van der Waals surface area contributed by atoms with E-state index in [4.69, 9.17) is 0 Å². The summed E-state index contributed by atoms with van der Waals surface area (Å²) in [5.41, 5.74) is 3.04. The van der Waals surface area contributed by atoms with Crippen LogP contribution in [0.1, 0.15) is 226 Å². The topological polar surface area (TPSA) is 15.3 Å². The molecule has 49 heavy (non-hydrogen) atoms. The lowest BCUT2D eigenvalue weighted by Gasteiger charge is -2.23. The fraction of sp³-hybridized carbons (Fsp3) is 0.872. The lowest BCUT2D eigenvalue weighted by Crippen LogP contribution is -2.28. The van der Waals surface area contributed by atoms with E-state index in [0.29, 0.717) is 0 Å². The van der Waals surface area contributed by atoms with Gasteiger partial charge in [-0.25, -0.2) is 0 Å². The van der Waals surface area contributed by atoms with Crippen molar-refractivity contribution in [1.29, 1.82) is 0 Å². The Labute approximate surface area is 311 Å². The summed E-state index contributed by atoms with van der Waals surface area (Å²) < 4.78 is 0. The fourth-order valence-electron chi connectivity index (χ4n) is 7.47. The smallest absolute Gasteiger partial charge is 0.0132 e. The molecule has 0 saturated heterocycles. The maximum absolute atomic E-state index is 4.62. The Hall–Kier alpha value is -0.860. The van der Waals surface area contributed by atoms with Crippen molar-refractivity contribution in [2.75, 3.05) is 32.7 Å². The Kier molecular flexibility index (Phi) is 39.2. The maximum Gasteiger partial charge on any atom is 0.0132 e. The van der Waals surface area contributed by atoms with Crippen molar-refractivity contribution >= 4 is 0 Å². The highest BCUT2D eigenvalue weighted by Gasteiger charge is 2.12. The van der Waals surface area contributed by atoms with Gasteiger partial charge in [-0.3, -0.25) is 0 Å².